The van der Waals surface area contributed by atoms with Gasteiger partial charge in [0.15, 0.2) is 0 Å². The molecule has 1 atom stereocenters. The Morgan fingerprint density at radius 2 is 0.824 bits per heavy atom. The molecule has 0 N–H and O–H groups in total. The molecule has 5 aliphatic carbocycles. The Bertz CT molecular complexity index is 3380. The Labute approximate surface area is 407 Å². The van der Waals surface area contributed by atoms with Crippen molar-refractivity contribution in [2.24, 2.45) is 9.98 Å². The summed E-state index contributed by atoms with van der Waals surface area (Å²) in [6.07, 6.45) is 13.5. The second-order valence-corrected chi connectivity index (χ2v) is 19.3. The Morgan fingerprint density at radius 1 is 0.441 bits per heavy atom. The third-order valence-corrected chi connectivity index (χ3v) is 15.6. The summed E-state index contributed by atoms with van der Waals surface area (Å²) in [4.78, 5) is 36.7. The van der Waals surface area contributed by atoms with Crippen LogP contribution in [0.3, 0.4) is 0 Å². The Hall–Kier alpha value is -6.63. The van der Waals surface area contributed by atoms with Crippen molar-refractivity contribution < 1.29 is 21.4 Å². The van der Waals surface area contributed by atoms with Gasteiger partial charge in [-0.15, -0.1) is 22.1 Å². The van der Waals surface area contributed by atoms with Crippen molar-refractivity contribution in [3.8, 4) is 0 Å². The van der Waals surface area contributed by atoms with E-state index in [9.17, 15) is 10.1 Å². The maximum Gasteiger partial charge on any atom is 2.00 e. The van der Waals surface area contributed by atoms with Gasteiger partial charge < -0.3 is 9.97 Å². The Balaban J connectivity index is 0.00000480. The normalized spacial score (nSPS) is 19.8. The first-order chi connectivity index (χ1) is 33.1. The van der Waals surface area contributed by atoms with Gasteiger partial charge in [0.2, 0.25) is 6.04 Å². The van der Waals surface area contributed by atoms with Crippen LogP contribution in [0.4, 0.5) is 0 Å². The number of hydrogen-bond acceptors (Lipinski definition) is 4. The zero-order chi connectivity index (χ0) is 44.6. The van der Waals surface area contributed by atoms with E-state index in [2.05, 4.69) is 121 Å². The molecule has 0 radical (unpaired) electrons. The van der Waals surface area contributed by atoms with Crippen LogP contribution >= 0.6 is 0 Å². The van der Waals surface area contributed by atoms with E-state index in [-0.39, 0.29) is 21.4 Å². The fourth-order valence-corrected chi connectivity index (χ4v) is 12.5. The van der Waals surface area contributed by atoms with E-state index in [0.29, 0.717) is 19.3 Å². The number of benzene rings is 4. The molecule has 7 nitrogen and oxygen atoms in total. The van der Waals surface area contributed by atoms with Crippen molar-refractivity contribution in [1.82, 2.24) is 9.97 Å². The predicted octanol–water partition coefficient (Wildman–Crippen LogP) is 10.9. The molecule has 4 heterocycles. The summed E-state index contributed by atoms with van der Waals surface area (Å²) in [7, 11) is 0. The number of allylic oxidation sites excluding steroid dienone is 4. The number of aliphatic imine (C=N–C) groups is 2. The van der Waals surface area contributed by atoms with E-state index < -0.39 is 6.04 Å². The maximum atomic E-state index is 12.8. The predicted molar refractivity (Wildman–Crippen MR) is 267 cm³/mol. The first-order valence-electron chi connectivity index (χ1n) is 24.7. The molecule has 6 aromatic rings. The summed E-state index contributed by atoms with van der Waals surface area (Å²) in [5.41, 5.74) is 24.3. The average molecular weight is 933 g/mol. The van der Waals surface area contributed by atoms with Crippen molar-refractivity contribution in [3.05, 3.63) is 232 Å². The number of nitrogens with zero attached hydrogens (tertiary/aromatic N) is 5. The number of aromatic nitrogens is 2. The average Bonchev–Trinajstić information content (AvgIpc) is 4.16. The second kappa shape index (κ2) is 17.5. The van der Waals surface area contributed by atoms with Gasteiger partial charge in [-0.25, -0.2) is 9.98 Å². The monoisotopic (exact) mass is 931 g/mol. The SMILES string of the molecule is O=[N+]([O-])C1CCc2c3[n-]c(c2C1)C(c1ccccc1)=C1N=C(C2=C1CCCC2)C(c1ccccc1)=c1[n-]c(c2c1CCCC2)=C(c1ccccc1)C1=NC(=C3c2ccccc2)C2=C1CCCC2.[Ni+2]. The summed E-state index contributed by atoms with van der Waals surface area (Å²) in [5.74, 6) is 0. The first kappa shape index (κ1) is 42.7. The van der Waals surface area contributed by atoms with Crippen LogP contribution in [0.5, 0.6) is 0 Å². The molecule has 0 saturated carbocycles. The van der Waals surface area contributed by atoms with Crippen molar-refractivity contribution in [2.75, 3.05) is 0 Å². The van der Waals surface area contributed by atoms with Gasteiger partial charge in [-0.1, -0.05) is 144 Å². The standard InChI is InChI=1S/C60H51N5O2.Ni/c66-65(67)40-33-34-47-48(35-40)60-52(39-25-11-4-12-26-39)58-46-32-18-17-31-45(46)56(63-58)50(37-21-7-2-8-22-37)54-42-28-14-13-27-41(42)53(61-54)49(36-19-5-1-6-20-36)55-43-29-15-16-30-44(43)57(62-55)51(59(47)64-60)38-23-9-3-10-24-38;/h1-12,19-26,40H,13-18,27-35H2;/q-2;+2. The Kier molecular flexibility index (Phi) is 11.0. The van der Waals surface area contributed by atoms with Crippen LogP contribution in [-0.2, 0) is 42.2 Å². The largest absolute Gasteiger partial charge is 2.00 e. The summed E-state index contributed by atoms with van der Waals surface area (Å²) < 4.78 is 0. The van der Waals surface area contributed by atoms with Gasteiger partial charge in [0, 0.05) is 17.8 Å². The molecule has 7 aliphatic rings. The van der Waals surface area contributed by atoms with Gasteiger partial charge >= 0.3 is 16.5 Å². The quantitative estimate of drug-likeness (QED) is 0.0977. The second-order valence-electron chi connectivity index (χ2n) is 19.3. The summed E-state index contributed by atoms with van der Waals surface area (Å²) in [5, 5.41) is 15.0. The molecule has 2 aliphatic heterocycles. The summed E-state index contributed by atoms with van der Waals surface area (Å²) in [6, 6.07) is 42.4. The van der Waals surface area contributed by atoms with Crippen molar-refractivity contribution in [3.63, 3.8) is 0 Å². The van der Waals surface area contributed by atoms with Crippen LogP contribution in [0.2, 0.25) is 0 Å². The van der Waals surface area contributed by atoms with Crippen LogP contribution < -0.4 is 20.7 Å². The van der Waals surface area contributed by atoms with E-state index in [4.69, 9.17) is 20.0 Å². The minimum absolute atomic E-state index is 0. The van der Waals surface area contributed by atoms with Crippen molar-refractivity contribution >= 4 is 33.7 Å². The van der Waals surface area contributed by atoms with Gasteiger partial charge in [0.1, 0.15) is 0 Å². The molecule has 13 rings (SSSR count). The topological polar surface area (TPSA) is 96.1 Å². The third-order valence-electron chi connectivity index (χ3n) is 15.6. The molecular formula is C60H51N5NiO2. The molecule has 0 saturated heterocycles. The van der Waals surface area contributed by atoms with Gasteiger partial charge in [-0.3, -0.25) is 10.1 Å². The van der Waals surface area contributed by atoms with Crippen molar-refractivity contribution in [1.29, 1.82) is 0 Å². The van der Waals surface area contributed by atoms with Crippen molar-refractivity contribution in [2.45, 2.75) is 102 Å². The first-order valence-corrected chi connectivity index (χ1v) is 24.7. The minimum atomic E-state index is -0.701. The number of hydrogen-bond donors (Lipinski definition) is 0. The van der Waals surface area contributed by atoms with Crippen LogP contribution in [-0.4, -0.2) is 22.4 Å². The molecule has 0 fully saturated rings. The number of nitro groups is 1. The van der Waals surface area contributed by atoms with E-state index in [1.54, 1.807) is 0 Å². The number of rotatable bonds is 5. The van der Waals surface area contributed by atoms with Gasteiger partial charge in [0.05, 0.1) is 22.8 Å². The molecule has 338 valence electrons. The zero-order valence-electron chi connectivity index (χ0n) is 38.1. The molecule has 4 aromatic carbocycles. The van der Waals surface area contributed by atoms with Gasteiger partial charge in [-0.05, 0) is 150 Å². The van der Waals surface area contributed by atoms with Crippen LogP contribution in [0.15, 0.2) is 165 Å². The molecule has 2 aromatic heterocycles. The summed E-state index contributed by atoms with van der Waals surface area (Å²) in [6.45, 7) is 0. The van der Waals surface area contributed by atoms with Gasteiger partial charge in [0.25, 0.3) is 0 Å². The molecule has 1 unspecified atom stereocenters. The molecule has 0 amide bonds. The Morgan fingerprint density at radius 3 is 1.25 bits per heavy atom. The fraction of sp³-hybridized carbons (Fsp3) is 0.267. The van der Waals surface area contributed by atoms with E-state index in [0.717, 1.165) is 178 Å². The van der Waals surface area contributed by atoms with E-state index in [1.807, 2.05) is 0 Å². The molecule has 0 spiro atoms. The van der Waals surface area contributed by atoms with Gasteiger partial charge in [-0.2, -0.15) is 0 Å². The molecular weight excluding hydrogens is 881 g/mol. The van der Waals surface area contributed by atoms with E-state index >= 15 is 0 Å². The fourth-order valence-electron chi connectivity index (χ4n) is 12.5. The van der Waals surface area contributed by atoms with E-state index in [1.165, 1.54) is 33.4 Å². The smallest absolute Gasteiger partial charge is 0.656 e. The molecule has 8 bridgehead atoms. The van der Waals surface area contributed by atoms with Crippen LogP contribution in [0.25, 0.3) is 22.3 Å². The molecule has 8 heteroatoms. The van der Waals surface area contributed by atoms with Crippen LogP contribution in [0, 0.1) is 10.1 Å². The maximum absolute atomic E-state index is 12.8. The van der Waals surface area contributed by atoms with Crippen LogP contribution in [0.1, 0.15) is 127 Å². The minimum Gasteiger partial charge on any atom is -0.656 e. The summed E-state index contributed by atoms with van der Waals surface area (Å²) >= 11 is 0. The third kappa shape index (κ3) is 6.89. The molecule has 68 heavy (non-hydrogen) atoms. The zero-order valence-corrected chi connectivity index (χ0v) is 39.1.